The monoisotopic (exact) mass is 201 g/mol. The molecule has 0 N–H and O–H groups in total. The quantitative estimate of drug-likeness (QED) is 0.672. The highest BCUT2D eigenvalue weighted by Crippen LogP contribution is 2.18. The molecule has 0 amide bonds. The summed E-state index contributed by atoms with van der Waals surface area (Å²) in [4.78, 5) is 1.25. The van der Waals surface area contributed by atoms with Crippen LogP contribution in [0.2, 0.25) is 0 Å². The van der Waals surface area contributed by atoms with Gasteiger partial charge in [0.1, 0.15) is 0 Å². The molecule has 1 atom stereocenters. The Hall–Kier alpha value is -1.41. The van der Waals surface area contributed by atoms with E-state index in [1.165, 1.54) is 4.88 Å². The molecular formula is C12H11NS+. The highest BCUT2D eigenvalue weighted by atomic mass is 32.1. The minimum Gasteiger partial charge on any atom is -0.193 e. The van der Waals surface area contributed by atoms with Crippen molar-refractivity contribution < 1.29 is 4.57 Å². The summed E-state index contributed by atoms with van der Waals surface area (Å²) in [5.74, 6) is 0. The van der Waals surface area contributed by atoms with Crippen LogP contribution < -0.4 is 4.57 Å². The zero-order valence-electron chi connectivity index (χ0n) is 7.71. The van der Waals surface area contributed by atoms with Gasteiger partial charge < -0.3 is 0 Å². The van der Waals surface area contributed by atoms with Gasteiger partial charge in [0, 0.05) is 12.1 Å². The van der Waals surface area contributed by atoms with E-state index in [2.05, 4.69) is 16.0 Å². The first kappa shape index (κ1) is 9.16. The van der Waals surface area contributed by atoms with E-state index < -0.39 is 0 Å². The molecule has 0 aromatic carbocycles. The summed E-state index contributed by atoms with van der Waals surface area (Å²) in [7, 11) is 0. The number of rotatable bonds is 3. The third kappa shape index (κ3) is 1.75. The van der Waals surface area contributed by atoms with Crippen molar-refractivity contribution in [2.45, 2.75) is 6.04 Å². The van der Waals surface area contributed by atoms with Crippen LogP contribution in [0.1, 0.15) is 10.9 Å². The number of hydrogen-bond acceptors (Lipinski definition) is 1. The van der Waals surface area contributed by atoms with Gasteiger partial charge in [-0.1, -0.05) is 18.7 Å². The van der Waals surface area contributed by atoms with Gasteiger partial charge in [0.2, 0.25) is 6.04 Å². The number of aromatic nitrogens is 1. The average molecular weight is 201 g/mol. The van der Waals surface area contributed by atoms with Crippen molar-refractivity contribution in [3.05, 3.63) is 65.6 Å². The van der Waals surface area contributed by atoms with Crippen LogP contribution in [0, 0.1) is 6.58 Å². The SMILES string of the molecule is [CH]=CC(c1cccs1)[n+]1ccccc1. The molecule has 0 aliphatic heterocycles. The van der Waals surface area contributed by atoms with Crippen molar-refractivity contribution >= 4 is 11.3 Å². The predicted molar refractivity (Wildman–Crippen MR) is 58.0 cm³/mol. The molecule has 14 heavy (non-hydrogen) atoms. The van der Waals surface area contributed by atoms with E-state index in [0.29, 0.717) is 0 Å². The fraction of sp³-hybridized carbons (Fsp3) is 0.0833. The normalized spacial score (nSPS) is 12.3. The van der Waals surface area contributed by atoms with E-state index in [0.717, 1.165) is 0 Å². The van der Waals surface area contributed by atoms with Crippen molar-refractivity contribution in [1.29, 1.82) is 0 Å². The maximum absolute atomic E-state index is 5.66. The third-order valence-electron chi connectivity index (χ3n) is 2.08. The van der Waals surface area contributed by atoms with Gasteiger partial charge in [-0.25, -0.2) is 0 Å². The summed E-state index contributed by atoms with van der Waals surface area (Å²) < 4.78 is 2.09. The van der Waals surface area contributed by atoms with Gasteiger partial charge in [-0.2, -0.15) is 4.57 Å². The smallest absolute Gasteiger partial charge is 0.193 e. The van der Waals surface area contributed by atoms with E-state index in [-0.39, 0.29) is 6.04 Å². The summed E-state index contributed by atoms with van der Waals surface area (Å²) in [6.07, 6.45) is 5.76. The van der Waals surface area contributed by atoms with Gasteiger partial charge >= 0.3 is 0 Å². The number of pyridine rings is 1. The first-order valence-corrected chi connectivity index (χ1v) is 5.34. The van der Waals surface area contributed by atoms with Crippen molar-refractivity contribution in [3.63, 3.8) is 0 Å². The molecule has 0 bridgehead atoms. The fourth-order valence-corrected chi connectivity index (χ4v) is 2.21. The summed E-state index contributed by atoms with van der Waals surface area (Å²) in [6, 6.07) is 10.3. The topological polar surface area (TPSA) is 3.88 Å². The standard InChI is InChI=1S/C12H11NS/c1-2-11(12-7-6-10-14-12)13-8-4-3-5-9-13/h1-11H/q+1. The van der Waals surface area contributed by atoms with Crippen molar-refractivity contribution in [2.24, 2.45) is 0 Å². The average Bonchev–Trinajstić information content (AvgIpc) is 2.74. The van der Waals surface area contributed by atoms with Gasteiger partial charge in [0.05, 0.1) is 4.88 Å². The first-order chi connectivity index (χ1) is 6.92. The van der Waals surface area contributed by atoms with E-state index in [4.69, 9.17) is 6.58 Å². The second kappa shape index (κ2) is 4.20. The Morgan fingerprint density at radius 1 is 1.21 bits per heavy atom. The Labute approximate surface area is 88.0 Å². The van der Waals surface area contributed by atoms with Crippen LogP contribution in [0.4, 0.5) is 0 Å². The molecule has 2 heteroatoms. The lowest BCUT2D eigenvalue weighted by Gasteiger charge is -2.04. The number of allylic oxidation sites excluding steroid dienone is 1. The van der Waals surface area contributed by atoms with Gasteiger partial charge in [0.25, 0.3) is 0 Å². The minimum absolute atomic E-state index is 0.149. The molecule has 0 saturated carbocycles. The minimum atomic E-state index is 0.149. The Bertz CT molecular complexity index is 392. The zero-order chi connectivity index (χ0) is 9.80. The van der Waals surface area contributed by atoms with Crippen LogP contribution in [-0.2, 0) is 0 Å². The van der Waals surface area contributed by atoms with Gasteiger partial charge in [0.15, 0.2) is 12.4 Å². The van der Waals surface area contributed by atoms with Crippen molar-refractivity contribution in [2.75, 3.05) is 0 Å². The van der Waals surface area contributed by atoms with Crippen LogP contribution >= 0.6 is 11.3 Å². The van der Waals surface area contributed by atoms with Crippen molar-refractivity contribution in [1.82, 2.24) is 0 Å². The Kier molecular flexibility index (Phi) is 2.75. The lowest BCUT2D eigenvalue weighted by Crippen LogP contribution is -2.37. The lowest BCUT2D eigenvalue weighted by molar-refractivity contribution is -0.702. The summed E-state index contributed by atoms with van der Waals surface area (Å²) >= 11 is 1.72. The molecule has 69 valence electrons. The van der Waals surface area contributed by atoms with Crippen LogP contribution in [0.5, 0.6) is 0 Å². The number of hydrogen-bond donors (Lipinski definition) is 0. The van der Waals surface area contributed by atoms with Gasteiger partial charge in [-0.3, -0.25) is 0 Å². The predicted octanol–water partition coefficient (Wildman–Crippen LogP) is 2.61. The van der Waals surface area contributed by atoms with E-state index in [1.807, 2.05) is 36.7 Å². The molecule has 0 aliphatic carbocycles. The van der Waals surface area contributed by atoms with Crippen LogP contribution in [0.25, 0.3) is 0 Å². The Balaban J connectivity index is 2.36. The molecule has 1 nitrogen and oxygen atoms in total. The van der Waals surface area contributed by atoms with Gasteiger partial charge in [-0.15, -0.1) is 11.3 Å². The van der Waals surface area contributed by atoms with E-state index in [9.17, 15) is 0 Å². The molecule has 2 aromatic rings. The second-order valence-corrected chi connectivity index (χ2v) is 3.95. The van der Waals surface area contributed by atoms with Gasteiger partial charge in [-0.05, 0) is 17.5 Å². The lowest BCUT2D eigenvalue weighted by atomic mass is 10.2. The Morgan fingerprint density at radius 3 is 2.57 bits per heavy atom. The molecule has 0 aliphatic rings. The molecule has 2 rings (SSSR count). The molecular weight excluding hydrogens is 190 g/mol. The number of thiophene rings is 1. The van der Waals surface area contributed by atoms with Crippen LogP contribution in [0.15, 0.2) is 54.2 Å². The van der Waals surface area contributed by atoms with E-state index in [1.54, 1.807) is 17.4 Å². The maximum atomic E-state index is 5.66. The molecule has 2 heterocycles. The van der Waals surface area contributed by atoms with E-state index >= 15 is 0 Å². The summed E-state index contributed by atoms with van der Waals surface area (Å²) in [5.41, 5.74) is 0. The maximum Gasteiger partial charge on any atom is 0.211 e. The molecule has 0 spiro atoms. The molecule has 1 unspecified atom stereocenters. The zero-order valence-corrected chi connectivity index (χ0v) is 8.52. The Morgan fingerprint density at radius 2 is 2.00 bits per heavy atom. The summed E-state index contributed by atoms with van der Waals surface area (Å²) in [5, 5.41) is 2.06. The summed E-state index contributed by atoms with van der Waals surface area (Å²) in [6.45, 7) is 5.66. The largest absolute Gasteiger partial charge is 0.211 e. The molecule has 2 aromatic heterocycles. The molecule has 0 saturated heterocycles. The van der Waals surface area contributed by atoms with Crippen LogP contribution in [-0.4, -0.2) is 0 Å². The highest BCUT2D eigenvalue weighted by molar-refractivity contribution is 7.10. The third-order valence-corrected chi connectivity index (χ3v) is 3.02. The molecule has 0 fully saturated rings. The van der Waals surface area contributed by atoms with Crippen LogP contribution in [0.3, 0.4) is 0 Å². The first-order valence-electron chi connectivity index (χ1n) is 4.46. The second-order valence-electron chi connectivity index (χ2n) is 2.98. The fourth-order valence-electron chi connectivity index (χ4n) is 1.40. The molecule has 1 radical (unpaired) electrons. The number of nitrogens with zero attached hydrogens (tertiary/aromatic N) is 1. The van der Waals surface area contributed by atoms with Crippen molar-refractivity contribution in [3.8, 4) is 0 Å². The highest BCUT2D eigenvalue weighted by Gasteiger charge is 2.16.